The van der Waals surface area contributed by atoms with Crippen LogP contribution in [0.25, 0.3) is 0 Å². The zero-order chi connectivity index (χ0) is 11.8. The van der Waals surface area contributed by atoms with Crippen molar-refractivity contribution in [2.45, 2.75) is 31.7 Å². The zero-order valence-corrected chi connectivity index (χ0v) is 11.2. The van der Waals surface area contributed by atoms with Crippen molar-refractivity contribution in [2.24, 2.45) is 5.73 Å². The molecule has 1 fully saturated rings. The molecule has 0 aromatic heterocycles. The molecule has 1 saturated heterocycles. The number of carbonyl (C=O) groups excluding carboxylic acids is 1. The number of hydrogen-bond acceptors (Lipinski definition) is 2. The van der Waals surface area contributed by atoms with E-state index in [2.05, 4.69) is 12.1 Å². The molecule has 0 bridgehead atoms. The minimum Gasteiger partial charge on any atom is -0.337 e. The fourth-order valence-corrected chi connectivity index (χ4v) is 2.86. The summed E-state index contributed by atoms with van der Waals surface area (Å²) in [5.74, 6) is 0.146. The number of aryl methyl sites for hydroxylation is 2. The van der Waals surface area contributed by atoms with Crippen LogP contribution in [0.2, 0.25) is 0 Å². The van der Waals surface area contributed by atoms with Gasteiger partial charge in [-0.3, -0.25) is 4.79 Å². The molecule has 1 aliphatic carbocycles. The zero-order valence-electron chi connectivity index (χ0n) is 10.4. The molecule has 18 heavy (non-hydrogen) atoms. The summed E-state index contributed by atoms with van der Waals surface area (Å²) < 4.78 is 0. The number of halogens is 1. The van der Waals surface area contributed by atoms with Crippen LogP contribution in [0.4, 0.5) is 0 Å². The van der Waals surface area contributed by atoms with Gasteiger partial charge in [0.1, 0.15) is 0 Å². The molecular formula is C14H19ClN2O. The lowest BCUT2D eigenvalue weighted by atomic mass is 10.1. The van der Waals surface area contributed by atoms with Gasteiger partial charge in [-0.2, -0.15) is 0 Å². The Kier molecular flexibility index (Phi) is 3.93. The predicted molar refractivity (Wildman–Crippen MR) is 74.2 cm³/mol. The Hall–Kier alpha value is -1.06. The van der Waals surface area contributed by atoms with Crippen molar-refractivity contribution in [1.29, 1.82) is 0 Å². The van der Waals surface area contributed by atoms with Gasteiger partial charge in [-0.1, -0.05) is 6.07 Å². The van der Waals surface area contributed by atoms with Gasteiger partial charge < -0.3 is 10.6 Å². The van der Waals surface area contributed by atoms with E-state index in [1.807, 2.05) is 11.0 Å². The third-order valence-electron chi connectivity index (χ3n) is 3.86. The van der Waals surface area contributed by atoms with Crippen molar-refractivity contribution in [2.75, 3.05) is 13.1 Å². The Morgan fingerprint density at radius 2 is 2.06 bits per heavy atom. The van der Waals surface area contributed by atoms with E-state index >= 15 is 0 Å². The molecule has 2 aliphatic rings. The van der Waals surface area contributed by atoms with Gasteiger partial charge in [0.05, 0.1) is 0 Å². The lowest BCUT2D eigenvalue weighted by Crippen LogP contribution is -2.31. The van der Waals surface area contributed by atoms with Crippen molar-refractivity contribution in [1.82, 2.24) is 4.90 Å². The number of carbonyl (C=O) groups is 1. The van der Waals surface area contributed by atoms with E-state index in [1.54, 1.807) is 0 Å². The topological polar surface area (TPSA) is 46.3 Å². The molecule has 4 heteroatoms. The third-order valence-corrected chi connectivity index (χ3v) is 3.86. The van der Waals surface area contributed by atoms with Crippen LogP contribution in [-0.2, 0) is 12.8 Å². The molecule has 1 amide bonds. The van der Waals surface area contributed by atoms with E-state index in [9.17, 15) is 4.79 Å². The first-order chi connectivity index (χ1) is 8.24. The summed E-state index contributed by atoms with van der Waals surface area (Å²) in [7, 11) is 0. The lowest BCUT2D eigenvalue weighted by molar-refractivity contribution is 0.0791. The average molecular weight is 267 g/mol. The molecule has 0 unspecified atom stereocenters. The molecule has 1 aliphatic heterocycles. The summed E-state index contributed by atoms with van der Waals surface area (Å²) in [6.45, 7) is 1.51. The van der Waals surface area contributed by atoms with Gasteiger partial charge in [-0.25, -0.2) is 0 Å². The molecule has 1 aromatic rings. The number of nitrogens with two attached hydrogens (primary N) is 1. The van der Waals surface area contributed by atoms with E-state index in [0.29, 0.717) is 6.54 Å². The minimum atomic E-state index is 0. The van der Waals surface area contributed by atoms with Gasteiger partial charge >= 0.3 is 0 Å². The van der Waals surface area contributed by atoms with Gasteiger partial charge in [0.2, 0.25) is 0 Å². The predicted octanol–water partition coefficient (Wildman–Crippen LogP) is 1.77. The number of likely N-dealkylation sites (tertiary alicyclic amines) is 1. The van der Waals surface area contributed by atoms with Crippen molar-refractivity contribution < 1.29 is 4.79 Å². The van der Waals surface area contributed by atoms with Crippen molar-refractivity contribution in [3.05, 3.63) is 34.9 Å². The van der Waals surface area contributed by atoms with Crippen LogP contribution >= 0.6 is 12.4 Å². The first-order valence-corrected chi connectivity index (χ1v) is 6.41. The van der Waals surface area contributed by atoms with E-state index < -0.39 is 0 Å². The first kappa shape index (κ1) is 13.4. The van der Waals surface area contributed by atoms with Crippen LogP contribution in [0.1, 0.15) is 34.3 Å². The number of amides is 1. The Labute approximate surface area is 114 Å². The van der Waals surface area contributed by atoms with Gasteiger partial charge in [0.25, 0.3) is 5.91 Å². The first-order valence-electron chi connectivity index (χ1n) is 6.41. The highest BCUT2D eigenvalue weighted by Crippen LogP contribution is 2.24. The molecule has 98 valence electrons. The fourth-order valence-electron chi connectivity index (χ4n) is 2.86. The van der Waals surface area contributed by atoms with Crippen LogP contribution in [0, 0.1) is 0 Å². The molecule has 1 heterocycles. The van der Waals surface area contributed by atoms with E-state index in [0.717, 1.165) is 24.9 Å². The number of hydrogen-bond donors (Lipinski definition) is 1. The van der Waals surface area contributed by atoms with Gasteiger partial charge in [0.15, 0.2) is 0 Å². The largest absolute Gasteiger partial charge is 0.337 e. The molecule has 0 spiro atoms. The maximum atomic E-state index is 12.3. The van der Waals surface area contributed by atoms with Crippen LogP contribution in [0.5, 0.6) is 0 Å². The SMILES string of the molecule is Cl.N[C@H]1CCN(C(=O)c2ccc3c(c2)CCC3)C1. The van der Waals surface area contributed by atoms with Crippen molar-refractivity contribution >= 4 is 18.3 Å². The summed E-state index contributed by atoms with van der Waals surface area (Å²) in [6, 6.07) is 6.32. The Morgan fingerprint density at radius 1 is 1.28 bits per heavy atom. The molecular weight excluding hydrogens is 248 g/mol. The maximum Gasteiger partial charge on any atom is 0.253 e. The average Bonchev–Trinajstić information content (AvgIpc) is 2.95. The van der Waals surface area contributed by atoms with Crippen LogP contribution in [0.3, 0.4) is 0 Å². The quantitative estimate of drug-likeness (QED) is 0.842. The number of benzene rings is 1. The lowest BCUT2D eigenvalue weighted by Gasteiger charge is -2.16. The molecule has 1 aromatic carbocycles. The Morgan fingerprint density at radius 3 is 2.78 bits per heavy atom. The smallest absolute Gasteiger partial charge is 0.253 e. The molecule has 3 rings (SSSR count). The molecule has 2 N–H and O–H groups in total. The monoisotopic (exact) mass is 266 g/mol. The second-order valence-corrected chi connectivity index (χ2v) is 5.14. The summed E-state index contributed by atoms with van der Waals surface area (Å²) in [4.78, 5) is 14.1. The van der Waals surface area contributed by atoms with E-state index in [4.69, 9.17) is 5.73 Å². The summed E-state index contributed by atoms with van der Waals surface area (Å²) in [5.41, 5.74) is 9.45. The molecule has 3 nitrogen and oxygen atoms in total. The van der Waals surface area contributed by atoms with Crippen LogP contribution < -0.4 is 5.73 Å². The third kappa shape index (κ3) is 2.38. The van der Waals surface area contributed by atoms with Crippen LogP contribution in [0.15, 0.2) is 18.2 Å². The van der Waals surface area contributed by atoms with Crippen LogP contribution in [-0.4, -0.2) is 29.9 Å². The molecule has 0 radical (unpaired) electrons. The minimum absolute atomic E-state index is 0. The fraction of sp³-hybridized carbons (Fsp3) is 0.500. The Balaban J connectivity index is 0.00000120. The maximum absolute atomic E-state index is 12.3. The van der Waals surface area contributed by atoms with E-state index in [-0.39, 0.29) is 24.4 Å². The van der Waals surface area contributed by atoms with E-state index in [1.165, 1.54) is 24.0 Å². The highest BCUT2D eigenvalue weighted by molar-refractivity contribution is 5.94. The highest BCUT2D eigenvalue weighted by atomic mass is 35.5. The highest BCUT2D eigenvalue weighted by Gasteiger charge is 2.25. The standard InChI is InChI=1S/C14H18N2O.ClH/c15-13-6-7-16(9-13)14(17)12-5-4-10-2-1-3-11(10)8-12;/h4-5,8,13H,1-3,6-7,9,15H2;1H/t13-;/m0./s1. The second kappa shape index (κ2) is 5.29. The number of nitrogens with zero attached hydrogens (tertiary/aromatic N) is 1. The summed E-state index contributed by atoms with van der Waals surface area (Å²) in [5, 5.41) is 0. The van der Waals surface area contributed by atoms with Gasteiger partial charge in [0, 0.05) is 24.7 Å². The van der Waals surface area contributed by atoms with Gasteiger partial charge in [-0.05, 0) is 48.9 Å². The summed E-state index contributed by atoms with van der Waals surface area (Å²) in [6.07, 6.45) is 4.44. The normalized spacial score (nSPS) is 21.6. The van der Waals surface area contributed by atoms with Crippen molar-refractivity contribution in [3.8, 4) is 0 Å². The number of fused-ring (bicyclic) bond motifs is 1. The molecule has 0 saturated carbocycles. The Bertz CT molecular complexity index is 461. The number of rotatable bonds is 1. The van der Waals surface area contributed by atoms with Gasteiger partial charge in [-0.15, -0.1) is 12.4 Å². The second-order valence-electron chi connectivity index (χ2n) is 5.14. The summed E-state index contributed by atoms with van der Waals surface area (Å²) >= 11 is 0. The van der Waals surface area contributed by atoms with Crippen molar-refractivity contribution in [3.63, 3.8) is 0 Å². The molecule has 1 atom stereocenters.